The molecule has 3 N–H and O–H groups in total. The van der Waals surface area contributed by atoms with E-state index in [1.807, 2.05) is 0 Å². The number of anilines is 2. The molecule has 3 amide bonds. The number of piperidine rings is 1. The standard InChI is InChI=1S/C18H22N4O3/c1-22-10-8-15(9-11-22)21-18(24)20-14-6-4-13(5-7-14)19-17(23)16-3-2-12-25-16/h2-7,12,15H,8-11H2,1H3,(H,19,23)(H2,20,21,24). The van der Waals surface area contributed by atoms with Crippen molar-refractivity contribution < 1.29 is 14.0 Å². The molecule has 7 heteroatoms. The lowest BCUT2D eigenvalue weighted by Crippen LogP contribution is -2.44. The summed E-state index contributed by atoms with van der Waals surface area (Å²) in [6.45, 7) is 1.99. The first-order chi connectivity index (χ1) is 12.1. The largest absolute Gasteiger partial charge is 0.459 e. The van der Waals surface area contributed by atoms with Crippen LogP contribution in [0.25, 0.3) is 0 Å². The molecule has 1 aromatic heterocycles. The molecule has 1 aliphatic rings. The lowest BCUT2D eigenvalue weighted by Gasteiger charge is -2.29. The Balaban J connectivity index is 1.48. The van der Waals surface area contributed by atoms with Gasteiger partial charge in [-0.15, -0.1) is 0 Å². The van der Waals surface area contributed by atoms with Crippen LogP contribution in [0, 0.1) is 0 Å². The van der Waals surface area contributed by atoms with Crippen LogP contribution in [0.1, 0.15) is 23.4 Å². The van der Waals surface area contributed by atoms with Gasteiger partial charge in [-0.05, 0) is 69.4 Å². The van der Waals surface area contributed by atoms with E-state index in [4.69, 9.17) is 4.42 Å². The topological polar surface area (TPSA) is 86.6 Å². The number of hydrogen-bond acceptors (Lipinski definition) is 4. The minimum atomic E-state index is -0.314. The van der Waals surface area contributed by atoms with Gasteiger partial charge in [0, 0.05) is 17.4 Å². The van der Waals surface area contributed by atoms with Crippen LogP contribution in [-0.4, -0.2) is 43.0 Å². The fraction of sp³-hybridized carbons (Fsp3) is 0.333. The maximum atomic E-state index is 12.1. The van der Waals surface area contributed by atoms with Crippen molar-refractivity contribution in [2.45, 2.75) is 18.9 Å². The summed E-state index contributed by atoms with van der Waals surface area (Å²) in [7, 11) is 2.09. The average molecular weight is 342 g/mol. The van der Waals surface area contributed by atoms with Gasteiger partial charge < -0.3 is 25.3 Å². The van der Waals surface area contributed by atoms with Crippen LogP contribution in [0.5, 0.6) is 0 Å². The SMILES string of the molecule is CN1CCC(NC(=O)Nc2ccc(NC(=O)c3ccco3)cc2)CC1. The van der Waals surface area contributed by atoms with Crippen molar-refractivity contribution in [2.75, 3.05) is 30.8 Å². The third kappa shape index (κ3) is 4.84. The molecule has 2 heterocycles. The van der Waals surface area contributed by atoms with E-state index in [1.165, 1.54) is 6.26 Å². The van der Waals surface area contributed by atoms with Crippen LogP contribution in [0.15, 0.2) is 47.1 Å². The lowest BCUT2D eigenvalue weighted by atomic mass is 10.1. The molecule has 0 spiro atoms. The molecule has 0 radical (unpaired) electrons. The Morgan fingerprint density at radius 3 is 2.28 bits per heavy atom. The number of hydrogen-bond donors (Lipinski definition) is 3. The predicted molar refractivity (Wildman–Crippen MR) is 95.8 cm³/mol. The summed E-state index contributed by atoms with van der Waals surface area (Å²) in [5.41, 5.74) is 1.30. The predicted octanol–water partition coefficient (Wildman–Crippen LogP) is 2.75. The fourth-order valence-corrected chi connectivity index (χ4v) is 2.74. The summed E-state index contributed by atoms with van der Waals surface area (Å²) in [5.74, 6) is -0.0644. The summed E-state index contributed by atoms with van der Waals surface area (Å²) in [6, 6.07) is 10.2. The van der Waals surface area contributed by atoms with Crippen molar-refractivity contribution in [1.82, 2.24) is 10.2 Å². The highest BCUT2D eigenvalue weighted by Crippen LogP contribution is 2.15. The van der Waals surface area contributed by atoms with E-state index in [2.05, 4.69) is 27.9 Å². The maximum absolute atomic E-state index is 12.1. The van der Waals surface area contributed by atoms with Crippen LogP contribution in [0.2, 0.25) is 0 Å². The quantitative estimate of drug-likeness (QED) is 0.797. The number of likely N-dealkylation sites (tertiary alicyclic amines) is 1. The fourth-order valence-electron chi connectivity index (χ4n) is 2.74. The number of urea groups is 1. The molecule has 1 fully saturated rings. The molecule has 1 aliphatic heterocycles. The molecule has 132 valence electrons. The highest BCUT2D eigenvalue weighted by atomic mass is 16.3. The molecule has 25 heavy (non-hydrogen) atoms. The Kier molecular flexibility index (Phi) is 5.35. The monoisotopic (exact) mass is 342 g/mol. The molecule has 0 unspecified atom stereocenters. The summed E-state index contributed by atoms with van der Waals surface area (Å²) in [4.78, 5) is 26.2. The second-order valence-corrected chi connectivity index (χ2v) is 6.18. The van der Waals surface area contributed by atoms with Gasteiger partial charge in [0.25, 0.3) is 5.91 Å². The average Bonchev–Trinajstić information content (AvgIpc) is 3.13. The zero-order valence-electron chi connectivity index (χ0n) is 14.1. The Morgan fingerprint density at radius 1 is 1.04 bits per heavy atom. The molecule has 0 atom stereocenters. The second-order valence-electron chi connectivity index (χ2n) is 6.18. The Bertz CT molecular complexity index is 704. The molecule has 1 saturated heterocycles. The third-order valence-corrected chi connectivity index (χ3v) is 4.20. The van der Waals surface area contributed by atoms with E-state index < -0.39 is 0 Å². The first kappa shape index (κ1) is 17.0. The minimum Gasteiger partial charge on any atom is -0.459 e. The van der Waals surface area contributed by atoms with Crippen molar-refractivity contribution >= 4 is 23.3 Å². The number of carbonyl (C=O) groups excluding carboxylic acids is 2. The zero-order chi connectivity index (χ0) is 17.6. The number of benzene rings is 1. The first-order valence-corrected chi connectivity index (χ1v) is 8.31. The molecular formula is C18H22N4O3. The van der Waals surface area contributed by atoms with Crippen molar-refractivity contribution in [3.8, 4) is 0 Å². The van der Waals surface area contributed by atoms with E-state index in [1.54, 1.807) is 36.4 Å². The Labute approximate surface area is 146 Å². The van der Waals surface area contributed by atoms with Gasteiger partial charge in [-0.3, -0.25) is 4.79 Å². The summed E-state index contributed by atoms with van der Waals surface area (Å²) >= 11 is 0. The Hall–Kier alpha value is -2.80. The van der Waals surface area contributed by atoms with Crippen LogP contribution < -0.4 is 16.0 Å². The number of amides is 3. The number of nitrogens with zero attached hydrogens (tertiary/aromatic N) is 1. The van der Waals surface area contributed by atoms with Gasteiger partial charge >= 0.3 is 6.03 Å². The Morgan fingerprint density at radius 2 is 1.68 bits per heavy atom. The molecule has 3 rings (SSSR count). The number of furan rings is 1. The van der Waals surface area contributed by atoms with Crippen LogP contribution >= 0.6 is 0 Å². The van der Waals surface area contributed by atoms with Gasteiger partial charge in [-0.2, -0.15) is 0 Å². The zero-order valence-corrected chi connectivity index (χ0v) is 14.1. The number of rotatable bonds is 4. The van der Waals surface area contributed by atoms with Gasteiger partial charge in [0.1, 0.15) is 0 Å². The normalized spacial score (nSPS) is 15.6. The summed E-state index contributed by atoms with van der Waals surface area (Å²) in [6.07, 6.45) is 3.37. The van der Waals surface area contributed by atoms with Crippen molar-refractivity contribution in [1.29, 1.82) is 0 Å². The van der Waals surface area contributed by atoms with Crippen molar-refractivity contribution in [3.63, 3.8) is 0 Å². The van der Waals surface area contributed by atoms with Crippen LogP contribution in [-0.2, 0) is 0 Å². The minimum absolute atomic E-state index is 0.207. The number of carbonyl (C=O) groups is 2. The molecule has 2 aromatic rings. The third-order valence-electron chi connectivity index (χ3n) is 4.20. The maximum Gasteiger partial charge on any atom is 0.319 e. The second kappa shape index (κ2) is 7.85. The van der Waals surface area contributed by atoms with E-state index in [0.29, 0.717) is 11.4 Å². The van der Waals surface area contributed by atoms with E-state index in [9.17, 15) is 9.59 Å². The van der Waals surface area contributed by atoms with E-state index >= 15 is 0 Å². The van der Waals surface area contributed by atoms with Crippen molar-refractivity contribution in [2.24, 2.45) is 0 Å². The molecule has 0 aliphatic carbocycles. The van der Waals surface area contributed by atoms with Gasteiger partial charge in [0.05, 0.1) is 6.26 Å². The first-order valence-electron chi connectivity index (χ1n) is 8.31. The highest BCUT2D eigenvalue weighted by Gasteiger charge is 2.18. The van der Waals surface area contributed by atoms with Crippen molar-refractivity contribution in [3.05, 3.63) is 48.4 Å². The van der Waals surface area contributed by atoms with Gasteiger partial charge in [-0.25, -0.2) is 4.79 Å². The van der Waals surface area contributed by atoms with Gasteiger partial charge in [-0.1, -0.05) is 0 Å². The molecule has 7 nitrogen and oxygen atoms in total. The van der Waals surface area contributed by atoms with Gasteiger partial charge in [0.15, 0.2) is 5.76 Å². The van der Waals surface area contributed by atoms with E-state index in [-0.39, 0.29) is 23.7 Å². The molecular weight excluding hydrogens is 320 g/mol. The summed E-state index contributed by atoms with van der Waals surface area (Å²) in [5, 5.41) is 8.54. The lowest BCUT2D eigenvalue weighted by molar-refractivity contribution is 0.0996. The summed E-state index contributed by atoms with van der Waals surface area (Å²) < 4.78 is 5.04. The van der Waals surface area contributed by atoms with Crippen LogP contribution in [0.4, 0.5) is 16.2 Å². The molecule has 0 bridgehead atoms. The van der Waals surface area contributed by atoms with Crippen LogP contribution in [0.3, 0.4) is 0 Å². The van der Waals surface area contributed by atoms with Gasteiger partial charge in [0.2, 0.25) is 0 Å². The highest BCUT2D eigenvalue weighted by molar-refractivity contribution is 6.02. The number of nitrogens with one attached hydrogen (secondary N) is 3. The van der Waals surface area contributed by atoms with E-state index in [0.717, 1.165) is 25.9 Å². The molecule has 1 aromatic carbocycles. The molecule has 0 saturated carbocycles. The smallest absolute Gasteiger partial charge is 0.319 e.